The van der Waals surface area contributed by atoms with Crippen molar-refractivity contribution in [3.8, 4) is 11.6 Å². The molecule has 1 rings (SSSR count). The van der Waals surface area contributed by atoms with E-state index in [1.807, 2.05) is 13.8 Å². The van der Waals surface area contributed by atoms with E-state index in [1.54, 1.807) is 0 Å². The first-order valence-electron chi connectivity index (χ1n) is 7.31. The Hall–Kier alpha value is -2.31. The van der Waals surface area contributed by atoms with Crippen molar-refractivity contribution in [3.05, 3.63) is 18.3 Å². The molecule has 7 heteroatoms. The zero-order chi connectivity index (χ0) is 16.2. The van der Waals surface area contributed by atoms with Crippen molar-refractivity contribution in [2.75, 3.05) is 13.2 Å². The Morgan fingerprint density at radius 2 is 1.55 bits per heavy atom. The van der Waals surface area contributed by atoms with Crippen LogP contribution in [-0.2, 0) is 9.47 Å². The number of aromatic nitrogens is 1. The highest BCUT2D eigenvalue weighted by atomic mass is 16.7. The van der Waals surface area contributed by atoms with Gasteiger partial charge < -0.3 is 18.9 Å². The van der Waals surface area contributed by atoms with Crippen LogP contribution < -0.4 is 9.47 Å². The molecule has 0 unspecified atom stereocenters. The number of rotatable bonds is 8. The van der Waals surface area contributed by atoms with Crippen LogP contribution in [0.5, 0.6) is 11.6 Å². The smallest absolute Gasteiger partial charge is 0.434 e. The summed E-state index contributed by atoms with van der Waals surface area (Å²) in [6, 6.07) is 2.85. The highest BCUT2D eigenvalue weighted by molar-refractivity contribution is 5.64. The predicted molar refractivity (Wildman–Crippen MR) is 78.0 cm³/mol. The minimum Gasteiger partial charge on any atom is -0.434 e. The Morgan fingerprint density at radius 1 is 0.955 bits per heavy atom. The topological polar surface area (TPSA) is 84.0 Å². The Kier molecular flexibility index (Phi) is 8.40. The normalized spacial score (nSPS) is 9.91. The van der Waals surface area contributed by atoms with Gasteiger partial charge in [0.15, 0.2) is 5.75 Å². The molecular weight excluding hydrogens is 290 g/mol. The van der Waals surface area contributed by atoms with E-state index in [2.05, 4.69) is 4.98 Å². The number of pyridine rings is 1. The molecule has 0 aliphatic heterocycles. The molecule has 0 aliphatic carbocycles. The average molecular weight is 311 g/mol. The van der Waals surface area contributed by atoms with Gasteiger partial charge >= 0.3 is 12.3 Å². The van der Waals surface area contributed by atoms with Gasteiger partial charge in [-0.2, -0.15) is 0 Å². The second-order valence-corrected chi connectivity index (χ2v) is 4.44. The van der Waals surface area contributed by atoms with Crippen LogP contribution in [0.3, 0.4) is 0 Å². The van der Waals surface area contributed by atoms with Gasteiger partial charge in [-0.15, -0.1) is 0 Å². The molecule has 1 aromatic heterocycles. The highest BCUT2D eigenvalue weighted by Gasteiger charge is 2.09. The number of unbranched alkanes of at least 4 members (excludes halogenated alkanes) is 2. The van der Waals surface area contributed by atoms with Crippen LogP contribution in [0.1, 0.15) is 39.5 Å². The van der Waals surface area contributed by atoms with Gasteiger partial charge in [-0.25, -0.2) is 14.6 Å². The Bertz CT molecular complexity index is 417. The lowest BCUT2D eigenvalue weighted by Gasteiger charge is -2.06. The molecule has 1 aromatic rings. The molecule has 0 saturated carbocycles. The minimum absolute atomic E-state index is 0.0631. The first-order chi connectivity index (χ1) is 10.7. The summed E-state index contributed by atoms with van der Waals surface area (Å²) in [6.45, 7) is 4.60. The third kappa shape index (κ3) is 7.47. The first kappa shape index (κ1) is 17.7. The van der Waals surface area contributed by atoms with Gasteiger partial charge in [0.1, 0.15) is 0 Å². The molecular formula is C15H21NO6. The van der Waals surface area contributed by atoms with Crippen molar-refractivity contribution in [2.24, 2.45) is 0 Å². The summed E-state index contributed by atoms with van der Waals surface area (Å²) >= 11 is 0. The van der Waals surface area contributed by atoms with Crippen LogP contribution in [0.25, 0.3) is 0 Å². The Labute approximate surface area is 129 Å². The van der Waals surface area contributed by atoms with Crippen LogP contribution in [0.15, 0.2) is 18.3 Å². The zero-order valence-corrected chi connectivity index (χ0v) is 12.9. The quantitative estimate of drug-likeness (QED) is 0.534. The van der Waals surface area contributed by atoms with Crippen LogP contribution in [0, 0.1) is 0 Å². The lowest BCUT2D eigenvalue weighted by atomic mass is 10.4. The van der Waals surface area contributed by atoms with E-state index in [0.717, 1.165) is 25.7 Å². The SMILES string of the molecule is CCCCOC(=O)Oc1ccc(OC(=O)OCCCC)nc1. The monoisotopic (exact) mass is 311 g/mol. The van der Waals surface area contributed by atoms with Crippen molar-refractivity contribution in [1.82, 2.24) is 4.98 Å². The lowest BCUT2D eigenvalue weighted by molar-refractivity contribution is 0.0941. The number of nitrogens with zero attached hydrogens (tertiary/aromatic N) is 1. The van der Waals surface area contributed by atoms with Gasteiger partial charge in [0, 0.05) is 6.07 Å². The van der Waals surface area contributed by atoms with Crippen molar-refractivity contribution >= 4 is 12.3 Å². The molecule has 22 heavy (non-hydrogen) atoms. The summed E-state index contributed by atoms with van der Waals surface area (Å²) in [6.07, 6.45) is 3.06. The van der Waals surface area contributed by atoms with E-state index in [1.165, 1.54) is 18.3 Å². The average Bonchev–Trinajstić information content (AvgIpc) is 2.50. The third-order valence-corrected chi connectivity index (χ3v) is 2.53. The molecule has 0 radical (unpaired) electrons. The van der Waals surface area contributed by atoms with Crippen LogP contribution in [0.2, 0.25) is 0 Å². The van der Waals surface area contributed by atoms with Crippen molar-refractivity contribution in [1.29, 1.82) is 0 Å². The fourth-order valence-electron chi connectivity index (χ4n) is 1.33. The molecule has 0 amide bonds. The second-order valence-electron chi connectivity index (χ2n) is 4.44. The summed E-state index contributed by atoms with van der Waals surface area (Å²) in [5, 5.41) is 0. The number of carbonyl (C=O) groups is 2. The zero-order valence-electron chi connectivity index (χ0n) is 12.9. The molecule has 1 heterocycles. The molecule has 0 bridgehead atoms. The van der Waals surface area contributed by atoms with Crippen molar-refractivity contribution in [2.45, 2.75) is 39.5 Å². The molecule has 0 atom stereocenters. The maximum Gasteiger partial charge on any atom is 0.515 e. The van der Waals surface area contributed by atoms with E-state index in [4.69, 9.17) is 18.9 Å². The fraction of sp³-hybridized carbons (Fsp3) is 0.533. The molecule has 7 nitrogen and oxygen atoms in total. The molecule has 0 saturated heterocycles. The van der Waals surface area contributed by atoms with E-state index in [9.17, 15) is 9.59 Å². The van der Waals surface area contributed by atoms with Gasteiger partial charge in [0.25, 0.3) is 0 Å². The van der Waals surface area contributed by atoms with E-state index >= 15 is 0 Å². The van der Waals surface area contributed by atoms with Gasteiger partial charge in [0.05, 0.1) is 19.4 Å². The molecule has 0 aliphatic rings. The number of hydrogen-bond acceptors (Lipinski definition) is 7. The maximum atomic E-state index is 11.3. The van der Waals surface area contributed by atoms with Crippen LogP contribution in [0.4, 0.5) is 9.59 Å². The van der Waals surface area contributed by atoms with Gasteiger partial charge in [-0.05, 0) is 18.9 Å². The number of hydrogen-bond donors (Lipinski definition) is 0. The predicted octanol–water partition coefficient (Wildman–Crippen LogP) is 3.71. The minimum atomic E-state index is -0.811. The van der Waals surface area contributed by atoms with Crippen LogP contribution >= 0.6 is 0 Å². The molecule has 0 fully saturated rings. The second kappa shape index (κ2) is 10.4. The van der Waals surface area contributed by atoms with Gasteiger partial charge in [-0.3, -0.25) is 0 Å². The molecule has 122 valence electrons. The van der Waals surface area contributed by atoms with Gasteiger partial charge in [0.2, 0.25) is 5.88 Å². The van der Waals surface area contributed by atoms with E-state index in [0.29, 0.717) is 13.2 Å². The lowest BCUT2D eigenvalue weighted by Crippen LogP contribution is -2.13. The maximum absolute atomic E-state index is 11.3. The van der Waals surface area contributed by atoms with Crippen molar-refractivity contribution < 1.29 is 28.5 Å². The van der Waals surface area contributed by atoms with Crippen molar-refractivity contribution in [3.63, 3.8) is 0 Å². The number of carbonyl (C=O) groups excluding carboxylic acids is 2. The highest BCUT2D eigenvalue weighted by Crippen LogP contribution is 2.15. The first-order valence-corrected chi connectivity index (χ1v) is 7.31. The third-order valence-electron chi connectivity index (χ3n) is 2.53. The summed E-state index contributed by atoms with van der Waals surface area (Å²) in [5.41, 5.74) is 0. The van der Waals surface area contributed by atoms with E-state index in [-0.39, 0.29) is 11.6 Å². The van der Waals surface area contributed by atoms with Crippen LogP contribution in [-0.4, -0.2) is 30.5 Å². The largest absolute Gasteiger partial charge is 0.515 e. The molecule has 0 aromatic carbocycles. The fourth-order valence-corrected chi connectivity index (χ4v) is 1.33. The standard InChI is InChI=1S/C15H21NO6/c1-3-5-9-19-14(17)21-12-7-8-13(16-11-12)22-15(18)20-10-6-4-2/h7-8,11H,3-6,9-10H2,1-2H3. The molecule has 0 spiro atoms. The summed E-state index contributed by atoms with van der Waals surface area (Å²) in [5.74, 6) is 0.265. The van der Waals surface area contributed by atoms with E-state index < -0.39 is 12.3 Å². The summed E-state index contributed by atoms with van der Waals surface area (Å²) in [4.78, 5) is 26.5. The Balaban J connectivity index is 2.36. The number of ether oxygens (including phenoxy) is 4. The summed E-state index contributed by atoms with van der Waals surface area (Å²) in [7, 11) is 0. The molecule has 0 N–H and O–H groups in total. The summed E-state index contributed by atoms with van der Waals surface area (Å²) < 4.78 is 19.4. The van der Waals surface area contributed by atoms with Gasteiger partial charge in [-0.1, -0.05) is 26.7 Å². The Morgan fingerprint density at radius 3 is 2.05 bits per heavy atom.